The number of aliphatic hydroxyl groups excluding tert-OH is 1. The Morgan fingerprint density at radius 1 is 1.16 bits per heavy atom. The molecule has 0 bridgehead atoms. The van der Waals surface area contributed by atoms with E-state index in [1.54, 1.807) is 0 Å². The zero-order valence-electron chi connectivity index (χ0n) is 10.9. The second kappa shape index (κ2) is 5.95. The lowest BCUT2D eigenvalue weighted by molar-refractivity contribution is 0.253. The van der Waals surface area contributed by atoms with Crippen LogP contribution in [0.5, 0.6) is 0 Å². The standard InChI is InChI=1S/C16H19NOS/c18-10-15(17-14-6-7-14)11-19-16-8-5-12-3-1-2-4-13(12)9-16/h1-5,8-9,14-15,17-18H,6-7,10-11H2. The lowest BCUT2D eigenvalue weighted by atomic mass is 10.1. The molecule has 2 aromatic rings. The predicted molar refractivity (Wildman–Crippen MR) is 81.7 cm³/mol. The van der Waals surface area contributed by atoms with Crippen molar-refractivity contribution in [1.82, 2.24) is 5.32 Å². The normalized spacial score (nSPS) is 16.7. The number of rotatable bonds is 6. The van der Waals surface area contributed by atoms with Crippen LogP contribution in [0.15, 0.2) is 47.4 Å². The fourth-order valence-electron chi connectivity index (χ4n) is 2.19. The molecule has 1 fully saturated rings. The summed E-state index contributed by atoms with van der Waals surface area (Å²) in [7, 11) is 0. The first-order valence-corrected chi connectivity index (χ1v) is 7.82. The van der Waals surface area contributed by atoms with E-state index in [1.165, 1.54) is 28.5 Å². The van der Waals surface area contributed by atoms with E-state index in [0.29, 0.717) is 6.04 Å². The van der Waals surface area contributed by atoms with Crippen molar-refractivity contribution in [3.8, 4) is 0 Å². The quantitative estimate of drug-likeness (QED) is 0.793. The first-order chi connectivity index (χ1) is 9.35. The van der Waals surface area contributed by atoms with Crippen molar-refractivity contribution in [2.45, 2.75) is 29.8 Å². The second-order valence-electron chi connectivity index (χ2n) is 5.14. The Kier molecular flexibility index (Phi) is 4.06. The number of hydrogen-bond acceptors (Lipinski definition) is 3. The molecular formula is C16H19NOS. The van der Waals surface area contributed by atoms with Crippen LogP contribution in [0.25, 0.3) is 10.8 Å². The highest BCUT2D eigenvalue weighted by Gasteiger charge is 2.24. The summed E-state index contributed by atoms with van der Waals surface area (Å²) in [5, 5.41) is 15.4. The molecule has 0 amide bonds. The summed E-state index contributed by atoms with van der Waals surface area (Å²) in [4.78, 5) is 1.27. The zero-order chi connectivity index (χ0) is 13.1. The molecule has 2 nitrogen and oxygen atoms in total. The minimum absolute atomic E-state index is 0.212. The molecule has 1 saturated carbocycles. The maximum atomic E-state index is 9.38. The monoisotopic (exact) mass is 273 g/mol. The van der Waals surface area contributed by atoms with E-state index in [9.17, 15) is 5.11 Å². The molecule has 0 aromatic heterocycles. The van der Waals surface area contributed by atoms with Gasteiger partial charge in [-0.15, -0.1) is 11.8 Å². The van der Waals surface area contributed by atoms with Gasteiger partial charge in [-0.1, -0.05) is 30.3 Å². The largest absolute Gasteiger partial charge is 0.395 e. The fourth-order valence-corrected chi connectivity index (χ4v) is 3.16. The third-order valence-corrected chi connectivity index (χ3v) is 4.60. The third kappa shape index (κ3) is 3.50. The van der Waals surface area contributed by atoms with Gasteiger partial charge in [0.05, 0.1) is 6.61 Å². The highest BCUT2D eigenvalue weighted by Crippen LogP contribution is 2.25. The summed E-state index contributed by atoms with van der Waals surface area (Å²) in [6.45, 7) is 0.219. The predicted octanol–water partition coefficient (Wildman–Crippen LogP) is 3.04. The van der Waals surface area contributed by atoms with Crippen molar-refractivity contribution in [3.05, 3.63) is 42.5 Å². The lowest BCUT2D eigenvalue weighted by Gasteiger charge is -2.15. The highest BCUT2D eigenvalue weighted by atomic mass is 32.2. The van der Waals surface area contributed by atoms with Gasteiger partial charge in [0.2, 0.25) is 0 Å². The van der Waals surface area contributed by atoms with E-state index in [0.717, 1.165) is 5.75 Å². The van der Waals surface area contributed by atoms with Gasteiger partial charge in [0.1, 0.15) is 0 Å². The number of aliphatic hydroxyl groups is 1. The van der Waals surface area contributed by atoms with Crippen molar-refractivity contribution in [2.75, 3.05) is 12.4 Å². The van der Waals surface area contributed by atoms with E-state index in [1.807, 2.05) is 11.8 Å². The van der Waals surface area contributed by atoms with Crippen LogP contribution >= 0.6 is 11.8 Å². The van der Waals surface area contributed by atoms with Gasteiger partial charge in [-0.05, 0) is 35.7 Å². The third-order valence-electron chi connectivity index (χ3n) is 3.44. The van der Waals surface area contributed by atoms with Crippen LogP contribution in [-0.4, -0.2) is 29.5 Å². The summed E-state index contributed by atoms with van der Waals surface area (Å²) in [6, 6.07) is 15.8. The van der Waals surface area contributed by atoms with Gasteiger partial charge < -0.3 is 10.4 Å². The van der Waals surface area contributed by atoms with Crippen LogP contribution in [0.2, 0.25) is 0 Å². The Morgan fingerprint density at radius 3 is 2.68 bits per heavy atom. The SMILES string of the molecule is OCC(CSc1ccc2ccccc2c1)NC1CC1. The molecule has 1 aliphatic rings. The first kappa shape index (κ1) is 13.0. The van der Waals surface area contributed by atoms with E-state index in [4.69, 9.17) is 0 Å². The van der Waals surface area contributed by atoms with Crippen molar-refractivity contribution in [1.29, 1.82) is 0 Å². The number of fused-ring (bicyclic) bond motifs is 1. The topological polar surface area (TPSA) is 32.3 Å². The maximum absolute atomic E-state index is 9.38. The average molecular weight is 273 g/mol. The van der Waals surface area contributed by atoms with Crippen molar-refractivity contribution >= 4 is 22.5 Å². The van der Waals surface area contributed by atoms with Crippen LogP contribution < -0.4 is 5.32 Å². The maximum Gasteiger partial charge on any atom is 0.0592 e. The smallest absolute Gasteiger partial charge is 0.0592 e. The molecule has 0 heterocycles. The summed E-state index contributed by atoms with van der Waals surface area (Å²) in [5.74, 6) is 0.922. The molecule has 3 rings (SSSR count). The lowest BCUT2D eigenvalue weighted by Crippen LogP contribution is -2.36. The Morgan fingerprint density at radius 2 is 1.95 bits per heavy atom. The van der Waals surface area contributed by atoms with Gasteiger partial charge in [0.25, 0.3) is 0 Å². The molecule has 0 spiro atoms. The Bertz CT molecular complexity index is 553. The molecule has 2 N–H and O–H groups in total. The molecule has 0 aliphatic heterocycles. The zero-order valence-corrected chi connectivity index (χ0v) is 11.7. The highest BCUT2D eigenvalue weighted by molar-refractivity contribution is 7.99. The van der Waals surface area contributed by atoms with Gasteiger partial charge in [-0.2, -0.15) is 0 Å². The number of benzene rings is 2. The van der Waals surface area contributed by atoms with Crippen molar-refractivity contribution in [2.24, 2.45) is 0 Å². The van der Waals surface area contributed by atoms with Crippen molar-refractivity contribution < 1.29 is 5.11 Å². The van der Waals surface area contributed by atoms with E-state index >= 15 is 0 Å². The molecule has 1 atom stereocenters. The summed E-state index contributed by atoms with van der Waals surface area (Å²) < 4.78 is 0. The number of nitrogens with one attached hydrogen (secondary N) is 1. The second-order valence-corrected chi connectivity index (χ2v) is 6.23. The van der Waals surface area contributed by atoms with Crippen molar-refractivity contribution in [3.63, 3.8) is 0 Å². The fraction of sp³-hybridized carbons (Fsp3) is 0.375. The summed E-state index contributed by atoms with van der Waals surface area (Å²) in [6.07, 6.45) is 2.52. The van der Waals surface area contributed by atoms with Crippen LogP contribution in [0, 0.1) is 0 Å². The molecule has 100 valence electrons. The molecular weight excluding hydrogens is 254 g/mol. The molecule has 0 radical (unpaired) electrons. The molecule has 1 unspecified atom stereocenters. The molecule has 0 saturated heterocycles. The van der Waals surface area contributed by atoms with Gasteiger partial charge in [-0.3, -0.25) is 0 Å². The van der Waals surface area contributed by atoms with Gasteiger partial charge in [0, 0.05) is 22.7 Å². The minimum atomic E-state index is 0.212. The molecule has 3 heteroatoms. The Labute approximate surface area is 118 Å². The van der Waals surface area contributed by atoms with Crippen LogP contribution in [0.1, 0.15) is 12.8 Å². The van der Waals surface area contributed by atoms with Crippen LogP contribution in [-0.2, 0) is 0 Å². The number of thioether (sulfide) groups is 1. The minimum Gasteiger partial charge on any atom is -0.395 e. The van der Waals surface area contributed by atoms with Crippen LogP contribution in [0.4, 0.5) is 0 Å². The molecule has 19 heavy (non-hydrogen) atoms. The Balaban J connectivity index is 1.63. The van der Waals surface area contributed by atoms with Crippen LogP contribution in [0.3, 0.4) is 0 Å². The first-order valence-electron chi connectivity index (χ1n) is 6.83. The molecule has 1 aliphatic carbocycles. The van der Waals surface area contributed by atoms with Gasteiger partial charge >= 0.3 is 0 Å². The summed E-state index contributed by atoms with van der Waals surface area (Å²) >= 11 is 1.82. The average Bonchev–Trinajstić information content (AvgIpc) is 3.27. The van der Waals surface area contributed by atoms with E-state index in [2.05, 4.69) is 47.8 Å². The Hall–Kier alpha value is -1.03. The van der Waals surface area contributed by atoms with E-state index in [-0.39, 0.29) is 12.6 Å². The van der Waals surface area contributed by atoms with Gasteiger partial charge in [-0.25, -0.2) is 0 Å². The number of hydrogen-bond donors (Lipinski definition) is 2. The summed E-state index contributed by atoms with van der Waals surface area (Å²) in [5.41, 5.74) is 0. The molecule has 2 aromatic carbocycles. The van der Waals surface area contributed by atoms with Gasteiger partial charge in [0.15, 0.2) is 0 Å². The van der Waals surface area contributed by atoms with E-state index < -0.39 is 0 Å².